The highest BCUT2D eigenvalue weighted by Crippen LogP contribution is 2.35. The molecule has 0 aliphatic heterocycles. The molecule has 0 heterocycles. The molecule has 7 nitrogen and oxygen atoms in total. The summed E-state index contributed by atoms with van der Waals surface area (Å²) >= 11 is 6.02. The van der Waals surface area contributed by atoms with E-state index in [1.807, 2.05) is 6.92 Å². The molecule has 0 fully saturated rings. The van der Waals surface area contributed by atoms with Crippen LogP contribution in [0.5, 0.6) is 17.2 Å². The van der Waals surface area contributed by atoms with Crippen LogP contribution in [-0.4, -0.2) is 39.8 Å². The third-order valence-corrected chi connectivity index (χ3v) is 4.34. The molecule has 2 aromatic carbocycles. The van der Waals surface area contributed by atoms with Crippen molar-refractivity contribution in [2.75, 3.05) is 33.3 Å². The smallest absolute Gasteiger partial charge is 0.331 e. The second-order valence-corrected chi connectivity index (χ2v) is 6.31. The van der Waals surface area contributed by atoms with E-state index in [4.69, 9.17) is 30.5 Å². The van der Waals surface area contributed by atoms with Gasteiger partial charge in [-0.2, -0.15) is 0 Å². The largest absolute Gasteiger partial charge is 0.496 e. The lowest BCUT2D eigenvalue weighted by atomic mass is 10.1. The first-order valence-corrected chi connectivity index (χ1v) is 8.96. The van der Waals surface area contributed by atoms with Crippen LogP contribution >= 0.6 is 11.6 Å². The summed E-state index contributed by atoms with van der Waals surface area (Å²) in [5, 5.41) is 3.14. The Hall–Kier alpha value is -3.19. The minimum absolute atomic E-state index is 0.433. The fourth-order valence-electron chi connectivity index (χ4n) is 2.39. The summed E-state index contributed by atoms with van der Waals surface area (Å²) < 4.78 is 20.7. The maximum Gasteiger partial charge on any atom is 0.331 e. The van der Waals surface area contributed by atoms with Crippen molar-refractivity contribution >= 4 is 35.2 Å². The molecule has 0 atom stereocenters. The molecule has 1 amide bonds. The molecule has 0 saturated heterocycles. The molecule has 2 rings (SSSR count). The monoisotopic (exact) mass is 419 g/mol. The number of carbonyl (C=O) groups is 2. The number of halogens is 1. The summed E-state index contributed by atoms with van der Waals surface area (Å²) in [4.78, 5) is 23.9. The normalized spacial score (nSPS) is 10.5. The maximum absolute atomic E-state index is 11.9. The molecule has 8 heteroatoms. The highest BCUT2D eigenvalue weighted by atomic mass is 35.5. The van der Waals surface area contributed by atoms with E-state index in [0.717, 1.165) is 5.56 Å². The number of rotatable bonds is 8. The van der Waals surface area contributed by atoms with E-state index < -0.39 is 18.5 Å². The molecule has 0 aliphatic carbocycles. The molecule has 154 valence electrons. The van der Waals surface area contributed by atoms with Gasteiger partial charge in [0.1, 0.15) is 5.75 Å². The fourth-order valence-corrected chi connectivity index (χ4v) is 2.57. The third kappa shape index (κ3) is 6.15. The van der Waals surface area contributed by atoms with Gasteiger partial charge in [0.2, 0.25) is 0 Å². The predicted molar refractivity (Wildman–Crippen MR) is 111 cm³/mol. The zero-order valence-corrected chi connectivity index (χ0v) is 17.3. The van der Waals surface area contributed by atoms with Gasteiger partial charge in [0.15, 0.2) is 18.1 Å². The van der Waals surface area contributed by atoms with Gasteiger partial charge in [0, 0.05) is 28.4 Å². The van der Waals surface area contributed by atoms with Crippen molar-refractivity contribution in [3.63, 3.8) is 0 Å². The summed E-state index contributed by atoms with van der Waals surface area (Å²) in [6.45, 7) is 1.42. The Morgan fingerprint density at radius 3 is 2.28 bits per heavy atom. The number of anilines is 1. The van der Waals surface area contributed by atoms with Gasteiger partial charge in [0.25, 0.3) is 5.91 Å². The molecule has 29 heavy (non-hydrogen) atoms. The van der Waals surface area contributed by atoms with E-state index in [0.29, 0.717) is 33.5 Å². The van der Waals surface area contributed by atoms with Crippen LogP contribution in [0.1, 0.15) is 11.1 Å². The zero-order valence-electron chi connectivity index (χ0n) is 16.6. The number of methoxy groups -OCH3 is 3. The zero-order chi connectivity index (χ0) is 21.4. The number of carbonyl (C=O) groups excluding carboxylic acids is 2. The van der Waals surface area contributed by atoms with Crippen LogP contribution < -0.4 is 19.5 Å². The van der Waals surface area contributed by atoms with E-state index >= 15 is 0 Å². The number of nitrogens with one attached hydrogen (secondary N) is 1. The number of benzene rings is 2. The van der Waals surface area contributed by atoms with Crippen molar-refractivity contribution < 1.29 is 28.5 Å². The minimum Gasteiger partial charge on any atom is -0.496 e. The Morgan fingerprint density at radius 1 is 1.00 bits per heavy atom. The third-order valence-electron chi connectivity index (χ3n) is 3.94. The molecular weight excluding hydrogens is 398 g/mol. The van der Waals surface area contributed by atoms with Crippen LogP contribution in [0.4, 0.5) is 5.69 Å². The Bertz CT molecular complexity index is 926. The van der Waals surface area contributed by atoms with E-state index in [1.54, 1.807) is 30.3 Å². The molecule has 1 N–H and O–H groups in total. The SMILES string of the molecule is COc1cc(OC)c(OC)cc1/C=C/C(=O)OCC(=O)Nc1ccc(C)c(Cl)c1. The summed E-state index contributed by atoms with van der Waals surface area (Å²) in [6.07, 6.45) is 2.70. The van der Waals surface area contributed by atoms with Crippen LogP contribution in [0.15, 0.2) is 36.4 Å². The van der Waals surface area contributed by atoms with Gasteiger partial charge in [0.05, 0.1) is 21.3 Å². The number of hydrogen-bond acceptors (Lipinski definition) is 6. The number of hydrogen-bond donors (Lipinski definition) is 1. The summed E-state index contributed by atoms with van der Waals surface area (Å²) in [5.74, 6) is 0.310. The molecular formula is C21H22ClNO6. The molecule has 0 spiro atoms. The average molecular weight is 420 g/mol. The number of amides is 1. The maximum atomic E-state index is 11.9. The molecule has 0 aromatic heterocycles. The van der Waals surface area contributed by atoms with Crippen LogP contribution in [0.2, 0.25) is 5.02 Å². The van der Waals surface area contributed by atoms with Gasteiger partial charge in [-0.05, 0) is 36.8 Å². The van der Waals surface area contributed by atoms with Crippen LogP contribution in [-0.2, 0) is 14.3 Å². The van der Waals surface area contributed by atoms with E-state index in [2.05, 4.69) is 5.32 Å². The molecule has 0 radical (unpaired) electrons. The second kappa shape index (κ2) is 10.4. The lowest BCUT2D eigenvalue weighted by Gasteiger charge is -2.12. The molecule has 0 bridgehead atoms. The summed E-state index contributed by atoms with van der Waals surface area (Å²) in [6, 6.07) is 8.42. The first-order chi connectivity index (χ1) is 13.9. The van der Waals surface area contributed by atoms with Crippen LogP contribution in [0.25, 0.3) is 6.08 Å². The lowest BCUT2D eigenvalue weighted by molar-refractivity contribution is -0.142. The van der Waals surface area contributed by atoms with Crippen molar-refractivity contribution in [2.24, 2.45) is 0 Å². The standard InChI is InChI=1S/C21H22ClNO6/c1-13-5-7-15(10-16(13)22)23-20(24)12-29-21(25)8-6-14-9-18(27-3)19(28-4)11-17(14)26-2/h5-11H,12H2,1-4H3,(H,23,24)/b8-6+. The summed E-state index contributed by atoms with van der Waals surface area (Å²) in [5.41, 5.74) is 2.00. The van der Waals surface area contributed by atoms with Crippen molar-refractivity contribution in [3.05, 3.63) is 52.6 Å². The Morgan fingerprint density at radius 2 is 1.66 bits per heavy atom. The first-order valence-electron chi connectivity index (χ1n) is 8.58. The van der Waals surface area contributed by atoms with Gasteiger partial charge in [-0.25, -0.2) is 4.79 Å². The fraction of sp³-hybridized carbons (Fsp3) is 0.238. The molecule has 2 aromatic rings. The minimum atomic E-state index is -0.682. The average Bonchev–Trinajstić information content (AvgIpc) is 2.72. The van der Waals surface area contributed by atoms with E-state index in [1.165, 1.54) is 33.5 Å². The van der Waals surface area contributed by atoms with Gasteiger partial charge in [-0.1, -0.05) is 17.7 Å². The number of ether oxygens (including phenoxy) is 4. The van der Waals surface area contributed by atoms with Crippen molar-refractivity contribution in [3.8, 4) is 17.2 Å². The Kier molecular flexibility index (Phi) is 7.91. The Balaban J connectivity index is 1.97. The molecule has 0 aliphatic rings. The number of aryl methyl sites for hydroxylation is 1. The van der Waals surface area contributed by atoms with Crippen molar-refractivity contribution in [1.29, 1.82) is 0 Å². The first kappa shape index (κ1) is 22.1. The molecule has 0 unspecified atom stereocenters. The van der Waals surface area contributed by atoms with E-state index in [-0.39, 0.29) is 0 Å². The molecule has 0 saturated carbocycles. The quantitative estimate of drug-likeness (QED) is 0.516. The Labute approximate surface area is 174 Å². The van der Waals surface area contributed by atoms with Gasteiger partial charge in [-0.3, -0.25) is 4.79 Å². The predicted octanol–water partition coefficient (Wildman–Crippen LogP) is 3.87. The number of esters is 1. The van der Waals surface area contributed by atoms with Crippen LogP contribution in [0.3, 0.4) is 0 Å². The van der Waals surface area contributed by atoms with Crippen molar-refractivity contribution in [2.45, 2.75) is 6.92 Å². The van der Waals surface area contributed by atoms with Gasteiger partial charge >= 0.3 is 5.97 Å². The van der Waals surface area contributed by atoms with E-state index in [9.17, 15) is 9.59 Å². The van der Waals surface area contributed by atoms with Crippen LogP contribution in [0, 0.1) is 6.92 Å². The van der Waals surface area contributed by atoms with Crippen molar-refractivity contribution in [1.82, 2.24) is 0 Å². The highest BCUT2D eigenvalue weighted by molar-refractivity contribution is 6.31. The second-order valence-electron chi connectivity index (χ2n) is 5.90. The summed E-state index contributed by atoms with van der Waals surface area (Å²) in [7, 11) is 4.52. The van der Waals surface area contributed by atoms with Gasteiger partial charge in [-0.15, -0.1) is 0 Å². The topological polar surface area (TPSA) is 83.1 Å². The van der Waals surface area contributed by atoms with Gasteiger partial charge < -0.3 is 24.3 Å². The lowest BCUT2D eigenvalue weighted by Crippen LogP contribution is -2.20. The highest BCUT2D eigenvalue weighted by Gasteiger charge is 2.11.